The molecule has 7 nitrogen and oxygen atoms in total. The first-order valence-electron chi connectivity index (χ1n) is 6.22. The van der Waals surface area contributed by atoms with Gasteiger partial charge >= 0.3 is 18.0 Å². The van der Waals surface area contributed by atoms with Crippen molar-refractivity contribution >= 4 is 18.0 Å². The summed E-state index contributed by atoms with van der Waals surface area (Å²) in [6, 6.07) is -0.551. The molecule has 0 aliphatic carbocycles. The lowest BCUT2D eigenvalue weighted by molar-refractivity contribution is -0.145. The molecule has 0 bridgehead atoms. The largest absolute Gasteiger partial charge is 0.480 e. The van der Waals surface area contributed by atoms with Gasteiger partial charge in [0.15, 0.2) is 0 Å². The van der Waals surface area contributed by atoms with E-state index in [4.69, 9.17) is 5.11 Å². The Balaban J connectivity index is 2.66. The number of rotatable bonds is 4. The van der Waals surface area contributed by atoms with Gasteiger partial charge in [0.25, 0.3) is 0 Å². The quantitative estimate of drug-likeness (QED) is 0.748. The predicted octanol–water partition coefficient (Wildman–Crippen LogP) is 0.396. The molecule has 1 unspecified atom stereocenters. The summed E-state index contributed by atoms with van der Waals surface area (Å²) in [4.78, 5) is 37.2. The van der Waals surface area contributed by atoms with E-state index in [1.807, 2.05) is 0 Å². The van der Waals surface area contributed by atoms with Gasteiger partial charge in [-0.3, -0.25) is 9.59 Å². The number of carboxylic acid groups (broad SMARTS) is 1. The molecule has 1 atom stereocenters. The SMILES string of the molecule is COC(=O)C1CCN(C(=O)N(CC(=O)O)C(C)C)C1. The van der Waals surface area contributed by atoms with Crippen molar-refractivity contribution in [3.63, 3.8) is 0 Å². The zero-order chi connectivity index (χ0) is 14.6. The number of carbonyl (C=O) groups is 3. The molecule has 0 aromatic rings. The number of methoxy groups -OCH3 is 1. The third kappa shape index (κ3) is 3.84. The smallest absolute Gasteiger partial charge is 0.323 e. The lowest BCUT2D eigenvalue weighted by atomic mass is 10.1. The molecule has 19 heavy (non-hydrogen) atoms. The number of ether oxygens (including phenoxy) is 1. The highest BCUT2D eigenvalue weighted by atomic mass is 16.5. The summed E-state index contributed by atoms with van der Waals surface area (Å²) in [5, 5.41) is 8.82. The van der Waals surface area contributed by atoms with E-state index in [1.165, 1.54) is 16.9 Å². The van der Waals surface area contributed by atoms with E-state index in [-0.39, 0.29) is 37.0 Å². The Hall–Kier alpha value is -1.79. The second-order valence-electron chi connectivity index (χ2n) is 4.85. The molecule has 0 aromatic heterocycles. The zero-order valence-corrected chi connectivity index (χ0v) is 11.5. The normalized spacial score (nSPS) is 18.5. The molecule has 108 valence electrons. The Bertz CT molecular complexity index is 369. The molecule has 1 aliphatic rings. The number of hydrogen-bond donors (Lipinski definition) is 1. The molecular formula is C12H20N2O5. The molecule has 2 amide bonds. The van der Waals surface area contributed by atoms with Gasteiger partial charge in [-0.1, -0.05) is 0 Å². The third-order valence-electron chi connectivity index (χ3n) is 3.17. The van der Waals surface area contributed by atoms with Crippen LogP contribution in [-0.2, 0) is 14.3 Å². The van der Waals surface area contributed by atoms with Crippen molar-refractivity contribution < 1.29 is 24.2 Å². The van der Waals surface area contributed by atoms with Gasteiger partial charge in [0.05, 0.1) is 13.0 Å². The molecule has 1 aliphatic heterocycles. The Morgan fingerprint density at radius 2 is 2.05 bits per heavy atom. The van der Waals surface area contributed by atoms with Crippen LogP contribution in [0.3, 0.4) is 0 Å². The minimum Gasteiger partial charge on any atom is -0.480 e. The van der Waals surface area contributed by atoms with E-state index in [2.05, 4.69) is 4.74 Å². The fourth-order valence-electron chi connectivity index (χ4n) is 2.09. The molecule has 7 heteroatoms. The van der Waals surface area contributed by atoms with E-state index >= 15 is 0 Å². The maximum atomic E-state index is 12.2. The molecule has 0 saturated carbocycles. The Morgan fingerprint density at radius 1 is 1.42 bits per heavy atom. The first-order chi connectivity index (χ1) is 8.86. The molecule has 1 fully saturated rings. The number of urea groups is 1. The fourth-order valence-corrected chi connectivity index (χ4v) is 2.09. The van der Waals surface area contributed by atoms with Crippen LogP contribution in [0.15, 0.2) is 0 Å². The number of carboxylic acids is 1. The number of carbonyl (C=O) groups excluding carboxylic acids is 2. The Morgan fingerprint density at radius 3 is 2.53 bits per heavy atom. The van der Waals surface area contributed by atoms with Crippen molar-refractivity contribution in [1.82, 2.24) is 9.80 Å². The van der Waals surface area contributed by atoms with E-state index in [9.17, 15) is 14.4 Å². The number of esters is 1. The number of aliphatic carboxylic acids is 1. The van der Waals surface area contributed by atoms with Gasteiger partial charge in [-0.05, 0) is 20.3 Å². The highest BCUT2D eigenvalue weighted by Crippen LogP contribution is 2.19. The topological polar surface area (TPSA) is 87.2 Å². The van der Waals surface area contributed by atoms with E-state index < -0.39 is 5.97 Å². The molecule has 1 rings (SSSR count). The summed E-state index contributed by atoms with van der Waals surface area (Å²) in [6.07, 6.45) is 0.553. The average molecular weight is 272 g/mol. The first kappa shape index (κ1) is 15.3. The summed E-state index contributed by atoms with van der Waals surface area (Å²) in [5.74, 6) is -1.69. The van der Waals surface area contributed by atoms with Crippen molar-refractivity contribution in [2.45, 2.75) is 26.3 Å². The first-order valence-corrected chi connectivity index (χ1v) is 6.22. The fraction of sp³-hybridized carbons (Fsp3) is 0.750. The molecular weight excluding hydrogens is 252 g/mol. The Labute approximate surface area is 112 Å². The van der Waals surface area contributed by atoms with Crippen molar-refractivity contribution in [2.24, 2.45) is 5.92 Å². The van der Waals surface area contributed by atoms with Gasteiger partial charge in [-0.15, -0.1) is 0 Å². The van der Waals surface area contributed by atoms with Crippen molar-refractivity contribution in [1.29, 1.82) is 0 Å². The van der Waals surface area contributed by atoms with Crippen LogP contribution in [0.4, 0.5) is 4.79 Å². The van der Waals surface area contributed by atoms with Gasteiger partial charge < -0.3 is 19.6 Å². The van der Waals surface area contributed by atoms with E-state index in [0.717, 1.165) is 0 Å². The lowest BCUT2D eigenvalue weighted by Crippen LogP contribution is -2.48. The van der Waals surface area contributed by atoms with Crippen LogP contribution in [0.2, 0.25) is 0 Å². The molecule has 1 heterocycles. The highest BCUT2D eigenvalue weighted by Gasteiger charge is 2.34. The zero-order valence-electron chi connectivity index (χ0n) is 11.5. The second kappa shape index (κ2) is 6.40. The summed E-state index contributed by atoms with van der Waals surface area (Å²) < 4.78 is 4.65. The number of nitrogens with zero attached hydrogens (tertiary/aromatic N) is 2. The minimum absolute atomic E-state index is 0.208. The maximum absolute atomic E-state index is 12.2. The van der Waals surface area contributed by atoms with Crippen LogP contribution in [0.1, 0.15) is 20.3 Å². The van der Waals surface area contributed by atoms with Crippen LogP contribution in [0.25, 0.3) is 0 Å². The van der Waals surface area contributed by atoms with Crippen LogP contribution >= 0.6 is 0 Å². The molecule has 1 N–H and O–H groups in total. The minimum atomic E-state index is -1.05. The van der Waals surface area contributed by atoms with Crippen LogP contribution in [0.5, 0.6) is 0 Å². The number of amides is 2. The van der Waals surface area contributed by atoms with Crippen molar-refractivity contribution in [3.05, 3.63) is 0 Å². The maximum Gasteiger partial charge on any atom is 0.323 e. The second-order valence-corrected chi connectivity index (χ2v) is 4.85. The van der Waals surface area contributed by atoms with Gasteiger partial charge in [0, 0.05) is 19.1 Å². The van der Waals surface area contributed by atoms with Crippen molar-refractivity contribution in [2.75, 3.05) is 26.7 Å². The van der Waals surface area contributed by atoms with Crippen LogP contribution < -0.4 is 0 Å². The van der Waals surface area contributed by atoms with Gasteiger partial charge in [0.1, 0.15) is 6.54 Å². The predicted molar refractivity (Wildman–Crippen MR) is 66.6 cm³/mol. The summed E-state index contributed by atoms with van der Waals surface area (Å²) in [5.41, 5.74) is 0. The van der Waals surface area contributed by atoms with E-state index in [0.29, 0.717) is 13.0 Å². The number of likely N-dealkylation sites (tertiary alicyclic amines) is 1. The monoisotopic (exact) mass is 272 g/mol. The standard InChI is InChI=1S/C12H20N2O5/c1-8(2)14(7-10(15)16)12(18)13-5-4-9(6-13)11(17)19-3/h8-9H,4-7H2,1-3H3,(H,15,16). The summed E-state index contributed by atoms with van der Waals surface area (Å²) >= 11 is 0. The molecule has 0 spiro atoms. The molecule has 0 aromatic carbocycles. The summed E-state index contributed by atoms with van der Waals surface area (Å²) in [6.45, 7) is 3.91. The average Bonchev–Trinajstić information content (AvgIpc) is 2.83. The molecule has 0 radical (unpaired) electrons. The van der Waals surface area contributed by atoms with E-state index in [1.54, 1.807) is 13.8 Å². The summed E-state index contributed by atoms with van der Waals surface area (Å²) in [7, 11) is 1.32. The van der Waals surface area contributed by atoms with Crippen LogP contribution in [-0.4, -0.2) is 65.7 Å². The third-order valence-corrected chi connectivity index (χ3v) is 3.17. The van der Waals surface area contributed by atoms with Gasteiger partial charge in [-0.2, -0.15) is 0 Å². The molecule has 1 saturated heterocycles. The number of hydrogen-bond acceptors (Lipinski definition) is 4. The highest BCUT2D eigenvalue weighted by molar-refractivity contribution is 5.82. The lowest BCUT2D eigenvalue weighted by Gasteiger charge is -2.29. The van der Waals surface area contributed by atoms with Crippen LogP contribution in [0, 0.1) is 5.92 Å². The van der Waals surface area contributed by atoms with Crippen molar-refractivity contribution in [3.8, 4) is 0 Å². The Kier molecular flexibility index (Phi) is 5.14. The van der Waals surface area contributed by atoms with Gasteiger partial charge in [-0.25, -0.2) is 4.79 Å². The van der Waals surface area contributed by atoms with Gasteiger partial charge in [0.2, 0.25) is 0 Å².